The number of Topliss-reactive ketones (excluding diaryl/α,β-unsaturated/α-hetero) is 1. The van der Waals surface area contributed by atoms with Crippen molar-refractivity contribution in [3.05, 3.63) is 34.9 Å². The van der Waals surface area contributed by atoms with Crippen LogP contribution in [0.25, 0.3) is 0 Å². The van der Waals surface area contributed by atoms with Crippen molar-refractivity contribution in [3.8, 4) is 0 Å². The molecule has 0 aromatic heterocycles. The molecule has 0 radical (unpaired) electrons. The molecule has 15 heavy (non-hydrogen) atoms. The number of hydrogen-bond donors (Lipinski definition) is 0. The Bertz CT molecular complexity index is 355. The molecule has 1 heteroatoms. The maximum Gasteiger partial charge on any atom is 0.140 e. The molecular weight excluding hydrogens is 184 g/mol. The van der Waals surface area contributed by atoms with E-state index in [2.05, 4.69) is 32.0 Å². The van der Waals surface area contributed by atoms with Crippen LogP contribution in [0.1, 0.15) is 36.0 Å². The Kier molecular flexibility index (Phi) is 2.90. The summed E-state index contributed by atoms with van der Waals surface area (Å²) < 4.78 is 0. The number of ketones is 1. The van der Waals surface area contributed by atoms with Gasteiger partial charge in [-0.1, -0.05) is 24.6 Å². The van der Waals surface area contributed by atoms with Gasteiger partial charge in [-0.15, -0.1) is 0 Å². The van der Waals surface area contributed by atoms with Crippen molar-refractivity contribution >= 4 is 5.78 Å². The molecule has 1 aromatic carbocycles. The van der Waals surface area contributed by atoms with Crippen molar-refractivity contribution in [3.63, 3.8) is 0 Å². The second-order valence-electron chi connectivity index (χ2n) is 4.64. The van der Waals surface area contributed by atoms with Gasteiger partial charge in [-0.3, -0.25) is 4.79 Å². The van der Waals surface area contributed by atoms with Crippen LogP contribution >= 0.6 is 0 Å². The fraction of sp³-hybridized carbons (Fsp3) is 0.500. The molecule has 0 heterocycles. The van der Waals surface area contributed by atoms with Gasteiger partial charge >= 0.3 is 0 Å². The molecule has 0 spiro atoms. The zero-order valence-electron chi connectivity index (χ0n) is 9.55. The molecule has 0 atom stereocenters. The molecule has 0 N–H and O–H groups in total. The number of carbonyl (C=O) groups is 1. The molecule has 1 aromatic rings. The summed E-state index contributed by atoms with van der Waals surface area (Å²) in [5.74, 6) is 0.808. The van der Waals surface area contributed by atoms with Crippen LogP contribution in [0.15, 0.2) is 18.2 Å². The average molecular weight is 202 g/mol. The molecule has 1 fully saturated rings. The molecule has 1 aliphatic rings. The van der Waals surface area contributed by atoms with Crippen LogP contribution in [0.3, 0.4) is 0 Å². The number of benzene rings is 1. The SMILES string of the molecule is Cc1cccc(C)c1CC(=O)C1CCC1. The summed E-state index contributed by atoms with van der Waals surface area (Å²) in [6, 6.07) is 6.24. The lowest BCUT2D eigenvalue weighted by atomic mass is 9.79. The Morgan fingerprint density at radius 3 is 2.33 bits per heavy atom. The number of hydrogen-bond acceptors (Lipinski definition) is 1. The van der Waals surface area contributed by atoms with E-state index in [4.69, 9.17) is 0 Å². The van der Waals surface area contributed by atoms with Crippen LogP contribution in [-0.2, 0) is 11.2 Å². The third-order valence-corrected chi connectivity index (χ3v) is 3.56. The fourth-order valence-electron chi connectivity index (χ4n) is 2.18. The van der Waals surface area contributed by atoms with E-state index in [9.17, 15) is 4.79 Å². The molecular formula is C14H18O. The highest BCUT2D eigenvalue weighted by molar-refractivity contribution is 5.84. The molecule has 80 valence electrons. The maximum absolute atomic E-state index is 11.9. The summed E-state index contributed by atoms with van der Waals surface area (Å²) in [7, 11) is 0. The van der Waals surface area contributed by atoms with Crippen molar-refractivity contribution < 1.29 is 4.79 Å². The van der Waals surface area contributed by atoms with E-state index in [0.717, 1.165) is 12.8 Å². The first kappa shape index (κ1) is 10.4. The van der Waals surface area contributed by atoms with Crippen LogP contribution in [0, 0.1) is 19.8 Å². The monoisotopic (exact) mass is 202 g/mol. The summed E-state index contributed by atoms with van der Waals surface area (Å²) >= 11 is 0. The van der Waals surface area contributed by atoms with Gasteiger partial charge in [-0.2, -0.15) is 0 Å². The lowest BCUT2D eigenvalue weighted by molar-refractivity contribution is -0.124. The van der Waals surface area contributed by atoms with Gasteiger partial charge in [0, 0.05) is 12.3 Å². The molecule has 0 aliphatic heterocycles. The van der Waals surface area contributed by atoms with E-state index in [0.29, 0.717) is 18.1 Å². The Labute approximate surface area is 91.5 Å². The number of rotatable bonds is 3. The first-order valence-electron chi connectivity index (χ1n) is 5.76. The van der Waals surface area contributed by atoms with Gasteiger partial charge in [0.05, 0.1) is 0 Å². The van der Waals surface area contributed by atoms with E-state index in [1.54, 1.807) is 0 Å². The smallest absolute Gasteiger partial charge is 0.140 e. The molecule has 0 unspecified atom stereocenters. The molecule has 0 amide bonds. The Morgan fingerprint density at radius 1 is 1.27 bits per heavy atom. The minimum absolute atomic E-state index is 0.365. The molecule has 2 rings (SSSR count). The second kappa shape index (κ2) is 4.18. The van der Waals surface area contributed by atoms with Gasteiger partial charge in [0.1, 0.15) is 5.78 Å². The average Bonchev–Trinajstić information content (AvgIpc) is 2.08. The van der Waals surface area contributed by atoms with Gasteiger partial charge in [-0.25, -0.2) is 0 Å². The highest BCUT2D eigenvalue weighted by Gasteiger charge is 2.25. The molecule has 1 nitrogen and oxygen atoms in total. The first-order chi connectivity index (χ1) is 7.18. The summed E-state index contributed by atoms with van der Waals surface area (Å²) in [6.45, 7) is 4.19. The van der Waals surface area contributed by atoms with Crippen molar-refractivity contribution in [1.29, 1.82) is 0 Å². The van der Waals surface area contributed by atoms with Crippen LogP contribution in [0.5, 0.6) is 0 Å². The molecule has 0 bridgehead atoms. The molecule has 0 saturated heterocycles. The molecule has 1 aliphatic carbocycles. The summed E-state index contributed by atoms with van der Waals surface area (Å²) in [5.41, 5.74) is 3.75. The van der Waals surface area contributed by atoms with Crippen LogP contribution in [-0.4, -0.2) is 5.78 Å². The summed E-state index contributed by atoms with van der Waals surface area (Å²) in [5, 5.41) is 0. The quantitative estimate of drug-likeness (QED) is 0.735. The van der Waals surface area contributed by atoms with Gasteiger partial charge in [0.2, 0.25) is 0 Å². The Balaban J connectivity index is 2.12. The predicted octanol–water partition coefficient (Wildman–Crippen LogP) is 3.22. The van der Waals surface area contributed by atoms with Crippen molar-refractivity contribution in [2.24, 2.45) is 5.92 Å². The van der Waals surface area contributed by atoms with Crippen LogP contribution in [0.4, 0.5) is 0 Å². The third kappa shape index (κ3) is 2.11. The third-order valence-electron chi connectivity index (χ3n) is 3.56. The number of carbonyl (C=O) groups excluding carboxylic acids is 1. The molecule has 1 saturated carbocycles. The Morgan fingerprint density at radius 2 is 1.87 bits per heavy atom. The summed E-state index contributed by atoms with van der Waals surface area (Å²) in [4.78, 5) is 11.9. The first-order valence-corrected chi connectivity index (χ1v) is 5.76. The standard InChI is InChI=1S/C14H18O/c1-10-5-3-6-11(2)13(10)9-14(15)12-7-4-8-12/h3,5-6,12H,4,7-9H2,1-2H3. The highest BCUT2D eigenvalue weighted by atomic mass is 16.1. The second-order valence-corrected chi connectivity index (χ2v) is 4.64. The van der Waals surface area contributed by atoms with Gasteiger partial charge in [-0.05, 0) is 43.4 Å². The van der Waals surface area contributed by atoms with Crippen LogP contribution < -0.4 is 0 Å². The minimum atomic E-state index is 0.365. The highest BCUT2D eigenvalue weighted by Crippen LogP contribution is 2.29. The van der Waals surface area contributed by atoms with Gasteiger partial charge in [0.15, 0.2) is 0 Å². The zero-order chi connectivity index (χ0) is 10.8. The maximum atomic E-state index is 11.9. The van der Waals surface area contributed by atoms with E-state index in [-0.39, 0.29) is 0 Å². The van der Waals surface area contributed by atoms with E-state index >= 15 is 0 Å². The van der Waals surface area contributed by atoms with Crippen molar-refractivity contribution in [2.75, 3.05) is 0 Å². The van der Waals surface area contributed by atoms with Crippen molar-refractivity contribution in [1.82, 2.24) is 0 Å². The largest absolute Gasteiger partial charge is 0.299 e. The van der Waals surface area contributed by atoms with Gasteiger partial charge < -0.3 is 0 Å². The van der Waals surface area contributed by atoms with Gasteiger partial charge in [0.25, 0.3) is 0 Å². The van der Waals surface area contributed by atoms with E-state index in [1.807, 2.05) is 0 Å². The normalized spacial score (nSPS) is 16.1. The topological polar surface area (TPSA) is 17.1 Å². The zero-order valence-corrected chi connectivity index (χ0v) is 9.55. The number of aryl methyl sites for hydroxylation is 2. The van der Waals surface area contributed by atoms with Crippen molar-refractivity contribution in [2.45, 2.75) is 39.5 Å². The Hall–Kier alpha value is -1.11. The summed E-state index contributed by atoms with van der Waals surface area (Å²) in [6.07, 6.45) is 4.11. The van der Waals surface area contributed by atoms with Crippen LogP contribution in [0.2, 0.25) is 0 Å². The lowest BCUT2D eigenvalue weighted by Gasteiger charge is -2.24. The lowest BCUT2D eigenvalue weighted by Crippen LogP contribution is -2.24. The fourth-order valence-corrected chi connectivity index (χ4v) is 2.18. The minimum Gasteiger partial charge on any atom is -0.299 e. The predicted molar refractivity (Wildman–Crippen MR) is 62.0 cm³/mol. The van der Waals surface area contributed by atoms with E-state index in [1.165, 1.54) is 23.1 Å². The van der Waals surface area contributed by atoms with E-state index < -0.39 is 0 Å².